The van der Waals surface area contributed by atoms with Crippen LogP contribution in [-0.4, -0.2) is 37.4 Å². The number of hydrogen-bond donors (Lipinski definition) is 2. The van der Waals surface area contributed by atoms with E-state index in [4.69, 9.17) is 9.47 Å². The van der Waals surface area contributed by atoms with Crippen LogP contribution < -0.4 is 10.1 Å². The minimum Gasteiger partial charge on any atom is -0.483 e. The van der Waals surface area contributed by atoms with Crippen LogP contribution >= 0.6 is 0 Å². The fourth-order valence-corrected chi connectivity index (χ4v) is 1.73. The third kappa shape index (κ3) is 5.14. The number of carbonyl (C=O) groups excluding carboxylic acids is 1. The number of aliphatic hydroxyl groups is 1. The molecule has 6 heteroatoms. The first-order valence-corrected chi connectivity index (χ1v) is 6.32. The highest BCUT2D eigenvalue weighted by Gasteiger charge is 2.13. The van der Waals surface area contributed by atoms with Crippen molar-refractivity contribution in [1.29, 1.82) is 0 Å². The molecule has 112 valence electrons. The molecular formula is C14H20FNO4. The lowest BCUT2D eigenvalue weighted by Crippen LogP contribution is -2.38. The minimum absolute atomic E-state index is 0.139. The lowest BCUT2D eigenvalue weighted by molar-refractivity contribution is -0.124. The van der Waals surface area contributed by atoms with Gasteiger partial charge in [-0.2, -0.15) is 0 Å². The highest BCUT2D eigenvalue weighted by atomic mass is 19.1. The van der Waals surface area contributed by atoms with Gasteiger partial charge in [-0.3, -0.25) is 4.79 Å². The molecule has 0 bridgehead atoms. The average molecular weight is 285 g/mol. The molecule has 1 unspecified atom stereocenters. The van der Waals surface area contributed by atoms with Gasteiger partial charge < -0.3 is 19.9 Å². The molecule has 0 heterocycles. The Morgan fingerprint density at radius 2 is 2.15 bits per heavy atom. The fraction of sp³-hybridized carbons (Fsp3) is 0.500. The normalized spacial score (nSPS) is 13.7. The Bertz CT molecular complexity index is 451. The maximum absolute atomic E-state index is 13.2. The number of ether oxygens (including phenoxy) is 2. The molecule has 1 rings (SSSR count). The first-order chi connectivity index (χ1) is 9.43. The third-order valence-electron chi connectivity index (χ3n) is 2.61. The summed E-state index contributed by atoms with van der Waals surface area (Å²) in [6.45, 7) is 3.48. The Morgan fingerprint density at radius 3 is 2.75 bits per heavy atom. The van der Waals surface area contributed by atoms with E-state index in [1.54, 1.807) is 21.0 Å². The topological polar surface area (TPSA) is 67.8 Å². The van der Waals surface area contributed by atoms with Gasteiger partial charge in [-0.25, -0.2) is 4.39 Å². The van der Waals surface area contributed by atoms with Crippen LogP contribution in [0.5, 0.6) is 5.75 Å². The van der Waals surface area contributed by atoms with Crippen molar-refractivity contribution in [2.45, 2.75) is 26.0 Å². The van der Waals surface area contributed by atoms with Gasteiger partial charge in [0.25, 0.3) is 5.91 Å². The van der Waals surface area contributed by atoms with Crippen molar-refractivity contribution >= 4 is 5.91 Å². The molecule has 0 aliphatic carbocycles. The Morgan fingerprint density at radius 1 is 1.45 bits per heavy atom. The SMILES string of the molecule is COCC(C)NC(=O)COc1cc(F)ccc1[C@H](C)O. The van der Waals surface area contributed by atoms with Gasteiger partial charge >= 0.3 is 0 Å². The molecule has 0 spiro atoms. The van der Waals surface area contributed by atoms with Gasteiger partial charge in [-0.15, -0.1) is 0 Å². The summed E-state index contributed by atoms with van der Waals surface area (Å²) < 4.78 is 23.3. The molecule has 0 aliphatic heterocycles. The zero-order valence-electron chi connectivity index (χ0n) is 11.9. The van der Waals surface area contributed by atoms with E-state index in [0.29, 0.717) is 12.2 Å². The number of benzene rings is 1. The van der Waals surface area contributed by atoms with Crippen molar-refractivity contribution in [1.82, 2.24) is 5.32 Å². The number of hydrogen-bond acceptors (Lipinski definition) is 4. The van der Waals surface area contributed by atoms with Gasteiger partial charge in [0.2, 0.25) is 0 Å². The molecule has 2 N–H and O–H groups in total. The Labute approximate surface area is 117 Å². The van der Waals surface area contributed by atoms with Gasteiger partial charge in [0.1, 0.15) is 11.6 Å². The molecule has 0 aliphatic rings. The van der Waals surface area contributed by atoms with Gasteiger partial charge in [-0.1, -0.05) is 0 Å². The molecule has 5 nitrogen and oxygen atoms in total. The van der Waals surface area contributed by atoms with Crippen molar-refractivity contribution < 1.29 is 23.8 Å². The summed E-state index contributed by atoms with van der Waals surface area (Å²) in [6, 6.07) is 3.67. The van der Waals surface area contributed by atoms with Gasteiger partial charge in [0.05, 0.1) is 12.7 Å². The van der Waals surface area contributed by atoms with Crippen LogP contribution in [0.15, 0.2) is 18.2 Å². The zero-order valence-corrected chi connectivity index (χ0v) is 11.9. The van der Waals surface area contributed by atoms with E-state index in [1.807, 2.05) is 0 Å². The van der Waals surface area contributed by atoms with E-state index in [2.05, 4.69) is 5.32 Å². The summed E-state index contributed by atoms with van der Waals surface area (Å²) in [4.78, 5) is 11.6. The van der Waals surface area contributed by atoms with Crippen LogP contribution in [0.1, 0.15) is 25.5 Å². The van der Waals surface area contributed by atoms with Crippen molar-refractivity contribution in [3.05, 3.63) is 29.6 Å². The van der Waals surface area contributed by atoms with E-state index >= 15 is 0 Å². The summed E-state index contributed by atoms with van der Waals surface area (Å²) in [6.07, 6.45) is -0.805. The Kier molecular flexibility index (Phi) is 6.41. The highest BCUT2D eigenvalue weighted by Crippen LogP contribution is 2.25. The molecule has 1 aromatic carbocycles. The van der Waals surface area contributed by atoms with Crippen molar-refractivity contribution in [3.63, 3.8) is 0 Å². The second-order valence-corrected chi connectivity index (χ2v) is 4.57. The number of amides is 1. The summed E-state index contributed by atoms with van der Waals surface area (Å²) in [5.41, 5.74) is 0.434. The summed E-state index contributed by atoms with van der Waals surface area (Å²) in [5, 5.41) is 12.2. The average Bonchev–Trinajstić information content (AvgIpc) is 2.36. The van der Waals surface area contributed by atoms with Gasteiger partial charge in [0, 0.05) is 24.8 Å². The standard InChI is InChI=1S/C14H20FNO4/c1-9(7-19-3)16-14(18)8-20-13-6-11(15)4-5-12(13)10(2)17/h4-6,9-10,17H,7-8H2,1-3H3,(H,16,18)/t9?,10-/m0/s1. The van der Waals surface area contributed by atoms with Crippen LogP contribution in [0.4, 0.5) is 4.39 Å². The summed E-state index contributed by atoms with van der Waals surface area (Å²) in [5.74, 6) is -0.664. The second kappa shape index (κ2) is 7.81. The predicted molar refractivity (Wildman–Crippen MR) is 72.0 cm³/mol. The van der Waals surface area contributed by atoms with Crippen LogP contribution in [0.3, 0.4) is 0 Å². The van der Waals surface area contributed by atoms with Gasteiger partial charge in [-0.05, 0) is 26.0 Å². The van der Waals surface area contributed by atoms with E-state index in [-0.39, 0.29) is 24.3 Å². The Hall–Kier alpha value is -1.66. The monoisotopic (exact) mass is 285 g/mol. The number of aliphatic hydroxyl groups excluding tert-OH is 1. The van der Waals surface area contributed by atoms with E-state index in [0.717, 1.165) is 6.07 Å². The summed E-state index contributed by atoms with van der Waals surface area (Å²) in [7, 11) is 1.54. The maximum atomic E-state index is 13.2. The predicted octanol–water partition coefficient (Wildman–Crippen LogP) is 1.41. The molecule has 1 amide bonds. The number of rotatable bonds is 7. The van der Waals surface area contributed by atoms with Crippen LogP contribution in [0.2, 0.25) is 0 Å². The quantitative estimate of drug-likeness (QED) is 0.795. The molecule has 0 aromatic heterocycles. The maximum Gasteiger partial charge on any atom is 0.258 e. The lowest BCUT2D eigenvalue weighted by atomic mass is 10.1. The van der Waals surface area contributed by atoms with Crippen LogP contribution in [0, 0.1) is 5.82 Å². The molecule has 2 atom stereocenters. The molecule has 0 saturated carbocycles. The van der Waals surface area contributed by atoms with E-state index < -0.39 is 11.9 Å². The highest BCUT2D eigenvalue weighted by molar-refractivity contribution is 5.77. The van der Waals surface area contributed by atoms with E-state index in [1.165, 1.54) is 12.1 Å². The number of carbonyl (C=O) groups is 1. The Balaban J connectivity index is 2.61. The molecule has 20 heavy (non-hydrogen) atoms. The zero-order chi connectivity index (χ0) is 15.1. The third-order valence-corrected chi connectivity index (χ3v) is 2.61. The van der Waals surface area contributed by atoms with E-state index in [9.17, 15) is 14.3 Å². The summed E-state index contributed by atoms with van der Waals surface area (Å²) >= 11 is 0. The van der Waals surface area contributed by atoms with Crippen molar-refractivity contribution in [2.75, 3.05) is 20.3 Å². The largest absolute Gasteiger partial charge is 0.483 e. The lowest BCUT2D eigenvalue weighted by Gasteiger charge is -2.15. The molecule has 0 saturated heterocycles. The molecular weight excluding hydrogens is 265 g/mol. The molecule has 1 aromatic rings. The number of nitrogens with one attached hydrogen (secondary N) is 1. The van der Waals surface area contributed by atoms with Gasteiger partial charge in [0.15, 0.2) is 6.61 Å². The smallest absolute Gasteiger partial charge is 0.258 e. The number of methoxy groups -OCH3 is 1. The molecule has 0 radical (unpaired) electrons. The second-order valence-electron chi connectivity index (χ2n) is 4.57. The number of halogens is 1. The fourth-order valence-electron chi connectivity index (χ4n) is 1.73. The van der Waals surface area contributed by atoms with Crippen LogP contribution in [-0.2, 0) is 9.53 Å². The first-order valence-electron chi connectivity index (χ1n) is 6.32. The van der Waals surface area contributed by atoms with Crippen molar-refractivity contribution in [2.24, 2.45) is 0 Å². The van der Waals surface area contributed by atoms with Crippen LogP contribution in [0.25, 0.3) is 0 Å². The molecule has 0 fully saturated rings. The minimum atomic E-state index is -0.805. The van der Waals surface area contributed by atoms with Crippen molar-refractivity contribution in [3.8, 4) is 5.75 Å². The first kappa shape index (κ1) is 16.4.